The molecule has 1 aliphatic rings. The second kappa shape index (κ2) is 8.15. The van der Waals surface area contributed by atoms with Crippen molar-refractivity contribution in [3.63, 3.8) is 0 Å². The summed E-state index contributed by atoms with van der Waals surface area (Å²) in [6.07, 6.45) is 2.91. The maximum absolute atomic E-state index is 13.1. The van der Waals surface area contributed by atoms with E-state index < -0.39 is 0 Å². The van der Waals surface area contributed by atoms with Gasteiger partial charge in [0, 0.05) is 52.2 Å². The lowest BCUT2D eigenvalue weighted by Crippen LogP contribution is -2.25. The number of aromatic nitrogens is 2. The number of fused-ring (bicyclic) bond motifs is 10. The quantitative estimate of drug-likeness (QED) is 0.346. The number of carbonyl (C=O) groups is 2. The predicted octanol–water partition coefficient (Wildman–Crippen LogP) is 5.16. The number of imide groups is 1. The van der Waals surface area contributed by atoms with Gasteiger partial charge in [0.05, 0.1) is 22.2 Å². The van der Waals surface area contributed by atoms with Crippen LogP contribution in [0.15, 0.2) is 42.6 Å². The molecule has 0 saturated carbocycles. The number of nitrogens with zero attached hydrogens (tertiary/aromatic N) is 2. The summed E-state index contributed by atoms with van der Waals surface area (Å²) in [5.41, 5.74) is 5.14. The molecule has 0 unspecified atom stereocenters. The van der Waals surface area contributed by atoms with Gasteiger partial charge in [-0.25, -0.2) is 0 Å². The second-order valence-electron chi connectivity index (χ2n) is 8.88. The Bertz CT molecular complexity index is 1620. The Hall–Kier alpha value is -3.35. The van der Waals surface area contributed by atoms with Crippen molar-refractivity contribution in [2.75, 3.05) is 19.6 Å². The van der Waals surface area contributed by atoms with Gasteiger partial charge in [0.15, 0.2) is 0 Å². The first-order valence-corrected chi connectivity index (χ1v) is 11.6. The highest BCUT2D eigenvalue weighted by molar-refractivity contribution is 6.39. The van der Waals surface area contributed by atoms with Crippen LogP contribution in [0, 0.1) is 0 Å². The summed E-state index contributed by atoms with van der Waals surface area (Å²) in [7, 11) is 1.98. The van der Waals surface area contributed by atoms with Gasteiger partial charge in [-0.05, 0) is 31.1 Å². The molecule has 6 nitrogen and oxygen atoms in total. The number of nitrogens with one attached hydrogen (secondary N) is 2. The van der Waals surface area contributed by atoms with Crippen LogP contribution in [-0.2, 0) is 13.5 Å². The number of likely N-dealkylation sites (N-methyl/N-ethyl adjacent to an activating group) is 1. The Morgan fingerprint density at radius 1 is 0.882 bits per heavy atom. The van der Waals surface area contributed by atoms with Crippen molar-refractivity contribution in [3.05, 3.63) is 59.3 Å². The number of carbonyl (C=O) groups excluding carboxylic acids is 2. The molecule has 0 radical (unpaired) electrons. The van der Waals surface area contributed by atoms with Crippen molar-refractivity contribution in [1.82, 2.24) is 19.8 Å². The molecule has 5 aromatic rings. The molecule has 174 valence electrons. The summed E-state index contributed by atoms with van der Waals surface area (Å²) >= 11 is 0. The summed E-state index contributed by atoms with van der Waals surface area (Å²) in [5, 5.41) is 7.25. The van der Waals surface area contributed by atoms with Gasteiger partial charge in [0.1, 0.15) is 0 Å². The van der Waals surface area contributed by atoms with Gasteiger partial charge in [-0.15, -0.1) is 12.4 Å². The van der Waals surface area contributed by atoms with E-state index in [1.165, 1.54) is 5.56 Å². The van der Waals surface area contributed by atoms with Crippen LogP contribution in [0.25, 0.3) is 43.5 Å². The van der Waals surface area contributed by atoms with Crippen molar-refractivity contribution >= 4 is 67.7 Å². The molecular formula is C27H27ClN4O2. The van der Waals surface area contributed by atoms with E-state index in [4.69, 9.17) is 0 Å². The highest BCUT2D eigenvalue weighted by atomic mass is 35.5. The van der Waals surface area contributed by atoms with Crippen LogP contribution in [0.1, 0.15) is 40.1 Å². The maximum atomic E-state index is 13.1. The van der Waals surface area contributed by atoms with Crippen LogP contribution in [0.5, 0.6) is 0 Å². The van der Waals surface area contributed by atoms with Gasteiger partial charge in [0.2, 0.25) is 0 Å². The molecule has 0 aliphatic carbocycles. The number of halogens is 1. The zero-order chi connectivity index (χ0) is 22.9. The summed E-state index contributed by atoms with van der Waals surface area (Å²) in [4.78, 5) is 32.2. The fourth-order valence-corrected chi connectivity index (χ4v) is 5.55. The van der Waals surface area contributed by atoms with E-state index in [0.717, 1.165) is 69.5 Å². The van der Waals surface area contributed by atoms with Crippen LogP contribution >= 0.6 is 12.4 Å². The third-order valence-corrected chi connectivity index (χ3v) is 7.25. The Labute approximate surface area is 203 Å². The number of aromatic amines is 1. The van der Waals surface area contributed by atoms with Gasteiger partial charge in [-0.3, -0.25) is 14.9 Å². The van der Waals surface area contributed by atoms with Crippen molar-refractivity contribution in [2.45, 2.75) is 20.3 Å². The number of benzene rings is 3. The fourth-order valence-electron chi connectivity index (χ4n) is 5.55. The van der Waals surface area contributed by atoms with Crippen LogP contribution in [-0.4, -0.2) is 45.9 Å². The topological polar surface area (TPSA) is 70.1 Å². The van der Waals surface area contributed by atoms with Crippen LogP contribution < -0.4 is 5.32 Å². The third-order valence-electron chi connectivity index (χ3n) is 7.25. The number of aryl methyl sites for hydroxylation is 1. The zero-order valence-electron chi connectivity index (χ0n) is 19.5. The van der Waals surface area contributed by atoms with E-state index >= 15 is 0 Å². The van der Waals surface area contributed by atoms with E-state index in [2.05, 4.69) is 59.4 Å². The maximum Gasteiger partial charge on any atom is 0.259 e. The molecule has 3 heterocycles. The van der Waals surface area contributed by atoms with Crippen molar-refractivity contribution in [1.29, 1.82) is 0 Å². The van der Waals surface area contributed by atoms with E-state index in [0.29, 0.717) is 11.1 Å². The Morgan fingerprint density at radius 2 is 1.59 bits per heavy atom. The number of rotatable bonds is 5. The molecule has 7 heteroatoms. The summed E-state index contributed by atoms with van der Waals surface area (Å²) in [6, 6.07) is 12.5. The van der Waals surface area contributed by atoms with Gasteiger partial charge < -0.3 is 14.5 Å². The average Bonchev–Trinajstić information content (AvgIpc) is 3.48. The molecule has 2 N–H and O–H groups in total. The number of amides is 2. The number of H-pyrrole nitrogens is 1. The van der Waals surface area contributed by atoms with Crippen LogP contribution in [0.2, 0.25) is 0 Å². The average molecular weight is 475 g/mol. The first-order valence-electron chi connectivity index (χ1n) is 11.6. The highest BCUT2D eigenvalue weighted by Gasteiger charge is 2.34. The molecule has 0 atom stereocenters. The molecule has 0 bridgehead atoms. The first kappa shape index (κ1) is 22.4. The van der Waals surface area contributed by atoms with E-state index in [1.807, 2.05) is 23.9 Å². The lowest BCUT2D eigenvalue weighted by molar-refractivity contribution is 0.0880. The van der Waals surface area contributed by atoms with Gasteiger partial charge in [0.25, 0.3) is 11.8 Å². The van der Waals surface area contributed by atoms with Gasteiger partial charge in [-0.2, -0.15) is 0 Å². The second-order valence-corrected chi connectivity index (χ2v) is 8.88. The lowest BCUT2D eigenvalue weighted by Gasteiger charge is -2.17. The fraction of sp³-hybridized carbons (Fsp3) is 0.259. The molecule has 0 saturated heterocycles. The predicted molar refractivity (Wildman–Crippen MR) is 140 cm³/mol. The standard InChI is InChI=1S/C27H26N4O2.ClH/c1-4-31(5-2)14-12-15-7-6-8-17-19-21-22(27(33)29-26(21)32)20-18(24(19)28-23(15)17)10-9-16-11-13-30(3)25(16)20;/h6-11,13,28H,4-5,12,14H2,1-3H3,(H,29,32,33);1H. The van der Waals surface area contributed by atoms with Crippen molar-refractivity contribution < 1.29 is 9.59 Å². The van der Waals surface area contributed by atoms with E-state index in [9.17, 15) is 9.59 Å². The first-order chi connectivity index (χ1) is 16.0. The Morgan fingerprint density at radius 3 is 2.32 bits per heavy atom. The van der Waals surface area contributed by atoms with Crippen LogP contribution in [0.4, 0.5) is 0 Å². The number of para-hydroxylation sites is 1. The molecule has 0 spiro atoms. The summed E-state index contributed by atoms with van der Waals surface area (Å²) in [5.74, 6) is -0.634. The van der Waals surface area contributed by atoms with Crippen molar-refractivity contribution in [3.8, 4) is 0 Å². The Balaban J connectivity index is 0.00000241. The highest BCUT2D eigenvalue weighted by Crippen LogP contribution is 2.42. The molecule has 6 rings (SSSR count). The molecule has 3 aromatic carbocycles. The van der Waals surface area contributed by atoms with Crippen LogP contribution in [0.3, 0.4) is 0 Å². The minimum Gasteiger partial charge on any atom is -0.354 e. The number of hydrogen-bond acceptors (Lipinski definition) is 3. The van der Waals surface area contributed by atoms with Gasteiger partial charge >= 0.3 is 0 Å². The summed E-state index contributed by atoms with van der Waals surface area (Å²) in [6.45, 7) is 7.38. The Kier molecular flexibility index (Phi) is 5.38. The number of hydrogen-bond donors (Lipinski definition) is 2. The molecule has 34 heavy (non-hydrogen) atoms. The molecular weight excluding hydrogens is 448 g/mol. The smallest absolute Gasteiger partial charge is 0.259 e. The monoisotopic (exact) mass is 474 g/mol. The van der Waals surface area contributed by atoms with Crippen molar-refractivity contribution in [2.24, 2.45) is 7.05 Å². The SMILES string of the molecule is CCN(CC)CCc1cccc2c1[nH]c1c3ccc4ccn(C)c4c3c3c(c21)C(=O)NC3=O.Cl. The minimum absolute atomic E-state index is 0. The molecule has 2 amide bonds. The zero-order valence-corrected chi connectivity index (χ0v) is 20.3. The normalized spacial score (nSPS) is 13.4. The largest absolute Gasteiger partial charge is 0.354 e. The molecule has 0 fully saturated rings. The summed E-state index contributed by atoms with van der Waals surface area (Å²) < 4.78 is 2.03. The van der Waals surface area contributed by atoms with Gasteiger partial charge in [-0.1, -0.05) is 44.2 Å². The lowest BCUT2D eigenvalue weighted by atomic mass is 9.93. The van der Waals surface area contributed by atoms with E-state index in [-0.39, 0.29) is 24.2 Å². The molecule has 2 aromatic heterocycles. The third kappa shape index (κ3) is 2.99. The minimum atomic E-state index is -0.317. The molecule has 1 aliphatic heterocycles. The van der Waals surface area contributed by atoms with E-state index in [1.54, 1.807) is 0 Å².